The highest BCUT2D eigenvalue weighted by Crippen LogP contribution is 2.29. The largest absolute Gasteiger partial charge is 0.370 e. The van der Waals surface area contributed by atoms with Gasteiger partial charge in [-0.05, 0) is 36.7 Å². The lowest BCUT2D eigenvalue weighted by Gasteiger charge is -2.32. The Balaban J connectivity index is 1.82. The van der Waals surface area contributed by atoms with Gasteiger partial charge < -0.3 is 11.1 Å². The van der Waals surface area contributed by atoms with Gasteiger partial charge in [-0.2, -0.15) is 0 Å². The molecule has 19 heavy (non-hydrogen) atoms. The zero-order valence-corrected chi connectivity index (χ0v) is 12.0. The van der Waals surface area contributed by atoms with Crippen molar-refractivity contribution in [1.82, 2.24) is 5.32 Å². The van der Waals surface area contributed by atoms with Crippen LogP contribution in [0.3, 0.4) is 0 Å². The van der Waals surface area contributed by atoms with E-state index in [9.17, 15) is 0 Å². The Morgan fingerprint density at radius 3 is 2.63 bits per heavy atom. The molecule has 0 saturated heterocycles. The molecule has 3 heteroatoms. The number of aliphatic imine (C=N–C) groups is 1. The first kappa shape index (κ1) is 13.9. The van der Waals surface area contributed by atoms with Crippen LogP contribution in [0.5, 0.6) is 0 Å². The number of nitrogens with zero attached hydrogens (tertiary/aromatic N) is 1. The molecule has 1 aliphatic carbocycles. The molecule has 0 heterocycles. The molecule has 1 fully saturated rings. The number of benzene rings is 1. The van der Waals surface area contributed by atoms with Crippen LogP contribution < -0.4 is 11.1 Å². The van der Waals surface area contributed by atoms with Crippen LogP contribution in [-0.2, 0) is 6.54 Å². The number of hydrogen-bond donors (Lipinski definition) is 2. The monoisotopic (exact) mass is 259 g/mol. The Kier molecular flexibility index (Phi) is 4.83. The van der Waals surface area contributed by atoms with Gasteiger partial charge in [-0.15, -0.1) is 0 Å². The predicted molar refractivity (Wildman–Crippen MR) is 80.9 cm³/mol. The second-order valence-electron chi connectivity index (χ2n) is 5.80. The molecule has 1 aromatic rings. The first-order valence-electron chi connectivity index (χ1n) is 7.25. The summed E-state index contributed by atoms with van der Waals surface area (Å²) in [6.45, 7) is 5.32. The van der Waals surface area contributed by atoms with Gasteiger partial charge in [0.05, 0.1) is 6.54 Å². The van der Waals surface area contributed by atoms with E-state index in [1.54, 1.807) is 0 Å². The molecule has 3 nitrogen and oxygen atoms in total. The van der Waals surface area contributed by atoms with Crippen molar-refractivity contribution in [2.45, 2.75) is 45.7 Å². The highest BCUT2D eigenvalue weighted by atomic mass is 15.1. The topological polar surface area (TPSA) is 50.4 Å². The Bertz CT molecular complexity index is 413. The molecule has 0 bridgehead atoms. The van der Waals surface area contributed by atoms with Gasteiger partial charge in [-0.25, -0.2) is 4.99 Å². The van der Waals surface area contributed by atoms with E-state index in [0.717, 1.165) is 11.8 Å². The Morgan fingerprint density at radius 1 is 1.21 bits per heavy atom. The summed E-state index contributed by atoms with van der Waals surface area (Å²) in [4.78, 5) is 4.42. The standard InChI is InChI=1S/C16H25N3/c1-12-8-9-15(10-13(12)2)19-16(17)18-11-14-6-4-3-5-7-14/h3-7,12-13,15H,8-11H2,1-2H3,(H3,17,18,19). The Morgan fingerprint density at radius 2 is 1.95 bits per heavy atom. The zero-order chi connectivity index (χ0) is 13.7. The second-order valence-corrected chi connectivity index (χ2v) is 5.80. The van der Waals surface area contributed by atoms with Gasteiger partial charge >= 0.3 is 0 Å². The van der Waals surface area contributed by atoms with Crippen molar-refractivity contribution >= 4 is 5.96 Å². The van der Waals surface area contributed by atoms with E-state index in [1.807, 2.05) is 18.2 Å². The van der Waals surface area contributed by atoms with Crippen molar-refractivity contribution in [1.29, 1.82) is 0 Å². The summed E-state index contributed by atoms with van der Waals surface area (Å²) >= 11 is 0. The molecule has 0 spiro atoms. The minimum Gasteiger partial charge on any atom is -0.370 e. The normalized spacial score (nSPS) is 28.1. The molecule has 3 atom stereocenters. The SMILES string of the molecule is CC1CCC(NC(N)=NCc2ccccc2)CC1C. The van der Waals surface area contributed by atoms with Crippen LogP contribution in [0.4, 0.5) is 0 Å². The maximum atomic E-state index is 5.97. The molecule has 0 radical (unpaired) electrons. The van der Waals surface area contributed by atoms with Crippen molar-refractivity contribution in [3.8, 4) is 0 Å². The maximum absolute atomic E-state index is 5.97. The third-order valence-electron chi connectivity index (χ3n) is 4.22. The average Bonchev–Trinajstić information content (AvgIpc) is 2.42. The molecule has 104 valence electrons. The van der Waals surface area contributed by atoms with Gasteiger partial charge in [0, 0.05) is 6.04 Å². The number of rotatable bonds is 3. The van der Waals surface area contributed by atoms with Gasteiger partial charge in [0.1, 0.15) is 0 Å². The van der Waals surface area contributed by atoms with E-state index < -0.39 is 0 Å². The van der Waals surface area contributed by atoms with E-state index in [2.05, 4.69) is 36.3 Å². The molecule has 0 amide bonds. The van der Waals surface area contributed by atoms with Gasteiger partial charge in [0.2, 0.25) is 0 Å². The summed E-state index contributed by atoms with van der Waals surface area (Å²) in [5, 5.41) is 3.37. The number of nitrogens with one attached hydrogen (secondary N) is 1. The summed E-state index contributed by atoms with van der Waals surface area (Å²) in [7, 11) is 0. The first-order valence-corrected chi connectivity index (χ1v) is 7.25. The van der Waals surface area contributed by atoms with Crippen molar-refractivity contribution < 1.29 is 0 Å². The Labute approximate surface area is 116 Å². The lowest BCUT2D eigenvalue weighted by atomic mass is 9.79. The van der Waals surface area contributed by atoms with Crippen LogP contribution in [-0.4, -0.2) is 12.0 Å². The highest BCUT2D eigenvalue weighted by molar-refractivity contribution is 5.78. The van der Waals surface area contributed by atoms with Crippen LogP contribution >= 0.6 is 0 Å². The minimum absolute atomic E-state index is 0.491. The third kappa shape index (κ3) is 4.27. The average molecular weight is 259 g/mol. The fraction of sp³-hybridized carbons (Fsp3) is 0.562. The predicted octanol–water partition coefficient (Wildman–Crippen LogP) is 2.92. The van der Waals surface area contributed by atoms with E-state index in [0.29, 0.717) is 18.5 Å². The quantitative estimate of drug-likeness (QED) is 0.648. The molecule has 3 unspecified atom stereocenters. The van der Waals surface area contributed by atoms with Gasteiger partial charge in [-0.3, -0.25) is 0 Å². The van der Waals surface area contributed by atoms with Crippen molar-refractivity contribution in [2.24, 2.45) is 22.6 Å². The lowest BCUT2D eigenvalue weighted by Crippen LogP contribution is -2.43. The minimum atomic E-state index is 0.491. The van der Waals surface area contributed by atoms with Crippen LogP contribution in [0.2, 0.25) is 0 Å². The highest BCUT2D eigenvalue weighted by Gasteiger charge is 2.24. The van der Waals surface area contributed by atoms with Crippen molar-refractivity contribution in [3.05, 3.63) is 35.9 Å². The van der Waals surface area contributed by atoms with E-state index in [-0.39, 0.29) is 0 Å². The number of hydrogen-bond acceptors (Lipinski definition) is 1. The summed E-state index contributed by atoms with van der Waals surface area (Å²) in [5.74, 6) is 2.18. The summed E-state index contributed by atoms with van der Waals surface area (Å²) in [6, 6.07) is 10.7. The first-order chi connectivity index (χ1) is 9.15. The van der Waals surface area contributed by atoms with Gasteiger partial charge in [0.25, 0.3) is 0 Å². The molecule has 0 aromatic heterocycles. The summed E-state index contributed by atoms with van der Waals surface area (Å²) in [5.41, 5.74) is 7.16. The lowest BCUT2D eigenvalue weighted by molar-refractivity contribution is 0.240. The molecule has 1 aliphatic rings. The fourth-order valence-electron chi connectivity index (χ4n) is 2.69. The molecule has 0 aliphatic heterocycles. The van der Waals surface area contributed by atoms with Crippen LogP contribution in [0.15, 0.2) is 35.3 Å². The van der Waals surface area contributed by atoms with Gasteiger partial charge in [-0.1, -0.05) is 44.2 Å². The van der Waals surface area contributed by atoms with Crippen molar-refractivity contribution in [3.63, 3.8) is 0 Å². The molecule has 2 rings (SSSR count). The van der Waals surface area contributed by atoms with Crippen LogP contribution in [0.1, 0.15) is 38.7 Å². The van der Waals surface area contributed by atoms with Crippen molar-refractivity contribution in [2.75, 3.05) is 0 Å². The molecular formula is C16H25N3. The Hall–Kier alpha value is -1.51. The van der Waals surface area contributed by atoms with E-state index >= 15 is 0 Å². The maximum Gasteiger partial charge on any atom is 0.189 e. The van der Waals surface area contributed by atoms with Crippen LogP contribution in [0.25, 0.3) is 0 Å². The zero-order valence-electron chi connectivity index (χ0n) is 12.0. The third-order valence-corrected chi connectivity index (χ3v) is 4.22. The van der Waals surface area contributed by atoms with E-state index in [1.165, 1.54) is 24.8 Å². The van der Waals surface area contributed by atoms with Gasteiger partial charge in [0.15, 0.2) is 5.96 Å². The number of guanidine groups is 1. The van der Waals surface area contributed by atoms with Crippen LogP contribution in [0, 0.1) is 11.8 Å². The molecule has 3 N–H and O–H groups in total. The summed E-state index contributed by atoms with van der Waals surface area (Å²) < 4.78 is 0. The molecular weight excluding hydrogens is 234 g/mol. The molecule has 1 aromatic carbocycles. The second kappa shape index (κ2) is 6.60. The smallest absolute Gasteiger partial charge is 0.189 e. The fourth-order valence-corrected chi connectivity index (χ4v) is 2.69. The molecule has 1 saturated carbocycles. The summed E-state index contributed by atoms with van der Waals surface area (Å²) in [6.07, 6.45) is 3.68. The number of nitrogens with two attached hydrogens (primary N) is 1. The van der Waals surface area contributed by atoms with E-state index in [4.69, 9.17) is 5.73 Å².